The summed E-state index contributed by atoms with van der Waals surface area (Å²) in [7, 11) is 0. The number of ether oxygens (including phenoxy) is 1. The van der Waals surface area contributed by atoms with Crippen molar-refractivity contribution in [1.29, 1.82) is 0 Å². The standard InChI is InChI=1S/C26H28N4O2/c1-19(2)21-9-3-6-12-24(21)32-17-16-30-23-11-5-4-10-22(23)29-25(30)13-15-28-26(31)20-8-7-14-27-18-20/h3-12,14,18-19H,13,15-17H2,1-2H3,(H,28,31). The third-order valence-electron chi connectivity index (χ3n) is 5.40. The van der Waals surface area contributed by atoms with Gasteiger partial charge in [0.15, 0.2) is 0 Å². The van der Waals surface area contributed by atoms with Gasteiger partial charge < -0.3 is 14.6 Å². The van der Waals surface area contributed by atoms with Crippen molar-refractivity contribution in [2.45, 2.75) is 32.7 Å². The summed E-state index contributed by atoms with van der Waals surface area (Å²) in [6, 6.07) is 19.8. The number of nitrogens with zero attached hydrogens (tertiary/aromatic N) is 3. The molecule has 4 aromatic rings. The van der Waals surface area contributed by atoms with E-state index in [1.54, 1.807) is 24.5 Å². The minimum Gasteiger partial charge on any atom is -0.491 e. The van der Waals surface area contributed by atoms with Crippen LogP contribution >= 0.6 is 0 Å². The zero-order valence-corrected chi connectivity index (χ0v) is 18.5. The molecule has 0 saturated carbocycles. The normalized spacial score (nSPS) is 11.1. The summed E-state index contributed by atoms with van der Waals surface area (Å²) in [4.78, 5) is 21.1. The lowest BCUT2D eigenvalue weighted by Crippen LogP contribution is -2.26. The molecule has 4 rings (SSSR count). The minimum atomic E-state index is -0.130. The molecule has 0 aliphatic carbocycles. The van der Waals surface area contributed by atoms with Gasteiger partial charge in [-0.1, -0.05) is 44.2 Å². The summed E-state index contributed by atoms with van der Waals surface area (Å²) in [5, 5.41) is 2.96. The maximum absolute atomic E-state index is 12.3. The summed E-state index contributed by atoms with van der Waals surface area (Å²) in [5.41, 5.74) is 3.78. The summed E-state index contributed by atoms with van der Waals surface area (Å²) < 4.78 is 8.34. The highest BCUT2D eigenvalue weighted by atomic mass is 16.5. The van der Waals surface area contributed by atoms with Gasteiger partial charge >= 0.3 is 0 Å². The second kappa shape index (κ2) is 10.1. The Morgan fingerprint density at radius 1 is 1.06 bits per heavy atom. The van der Waals surface area contributed by atoms with E-state index in [9.17, 15) is 4.79 Å². The van der Waals surface area contributed by atoms with Crippen LogP contribution < -0.4 is 10.1 Å². The minimum absolute atomic E-state index is 0.130. The molecule has 2 aromatic heterocycles. The van der Waals surface area contributed by atoms with Crippen LogP contribution in [0.2, 0.25) is 0 Å². The van der Waals surface area contributed by atoms with E-state index < -0.39 is 0 Å². The quantitative estimate of drug-likeness (QED) is 0.423. The molecule has 0 atom stereocenters. The number of carbonyl (C=O) groups excluding carboxylic acids is 1. The van der Waals surface area contributed by atoms with Crippen molar-refractivity contribution in [3.63, 3.8) is 0 Å². The summed E-state index contributed by atoms with van der Waals surface area (Å²) in [6.45, 7) is 6.05. The fourth-order valence-electron chi connectivity index (χ4n) is 3.79. The average Bonchev–Trinajstić information content (AvgIpc) is 3.17. The zero-order chi connectivity index (χ0) is 22.3. The number of benzene rings is 2. The lowest BCUT2D eigenvalue weighted by atomic mass is 10.0. The van der Waals surface area contributed by atoms with Crippen LogP contribution in [0.1, 0.15) is 41.5 Å². The van der Waals surface area contributed by atoms with Gasteiger partial charge in [0, 0.05) is 25.4 Å². The molecule has 0 aliphatic heterocycles. The number of imidazole rings is 1. The first kappa shape index (κ1) is 21.6. The van der Waals surface area contributed by atoms with E-state index in [1.807, 2.05) is 36.4 Å². The monoisotopic (exact) mass is 428 g/mol. The fourth-order valence-corrected chi connectivity index (χ4v) is 3.79. The van der Waals surface area contributed by atoms with Gasteiger partial charge in [0.2, 0.25) is 0 Å². The summed E-state index contributed by atoms with van der Waals surface area (Å²) >= 11 is 0. The molecule has 164 valence electrons. The maximum atomic E-state index is 12.3. The molecule has 2 heterocycles. The van der Waals surface area contributed by atoms with Crippen molar-refractivity contribution < 1.29 is 9.53 Å². The van der Waals surface area contributed by atoms with Crippen molar-refractivity contribution >= 4 is 16.9 Å². The Labute approximate surface area is 188 Å². The Bertz CT molecular complexity index is 1180. The van der Waals surface area contributed by atoms with Gasteiger partial charge in [-0.3, -0.25) is 9.78 Å². The molecule has 1 N–H and O–H groups in total. The Kier molecular flexibility index (Phi) is 6.80. The largest absolute Gasteiger partial charge is 0.491 e. The van der Waals surface area contributed by atoms with Crippen LogP contribution in [-0.4, -0.2) is 33.6 Å². The lowest BCUT2D eigenvalue weighted by molar-refractivity contribution is 0.0953. The first-order chi connectivity index (χ1) is 15.6. The molecule has 0 spiro atoms. The molecule has 32 heavy (non-hydrogen) atoms. The number of para-hydroxylation sites is 3. The van der Waals surface area contributed by atoms with Gasteiger partial charge in [-0.15, -0.1) is 0 Å². The van der Waals surface area contributed by atoms with E-state index in [4.69, 9.17) is 9.72 Å². The zero-order valence-electron chi connectivity index (χ0n) is 18.5. The van der Waals surface area contributed by atoms with E-state index in [2.05, 4.69) is 40.8 Å². The Balaban J connectivity index is 1.44. The van der Waals surface area contributed by atoms with Crippen LogP contribution in [0.4, 0.5) is 0 Å². The molecular formula is C26H28N4O2. The Morgan fingerprint density at radius 3 is 2.69 bits per heavy atom. The van der Waals surface area contributed by atoms with Crippen LogP contribution in [0, 0.1) is 0 Å². The number of carbonyl (C=O) groups is 1. The number of amides is 1. The average molecular weight is 429 g/mol. The van der Waals surface area contributed by atoms with Crippen molar-refractivity contribution in [3.05, 3.63) is 90.0 Å². The van der Waals surface area contributed by atoms with Crippen LogP contribution in [0.5, 0.6) is 5.75 Å². The van der Waals surface area contributed by atoms with Crippen molar-refractivity contribution in [1.82, 2.24) is 19.9 Å². The SMILES string of the molecule is CC(C)c1ccccc1OCCn1c(CCNC(=O)c2cccnc2)nc2ccccc21. The Hall–Kier alpha value is -3.67. The van der Waals surface area contributed by atoms with Gasteiger partial charge in [0.1, 0.15) is 18.2 Å². The Morgan fingerprint density at radius 2 is 1.88 bits per heavy atom. The van der Waals surface area contributed by atoms with Crippen molar-refractivity contribution in [3.8, 4) is 5.75 Å². The molecule has 2 aromatic carbocycles. The highest BCUT2D eigenvalue weighted by Crippen LogP contribution is 2.26. The molecule has 0 unspecified atom stereocenters. The number of rotatable bonds is 9. The van der Waals surface area contributed by atoms with Gasteiger partial charge in [-0.25, -0.2) is 4.98 Å². The van der Waals surface area contributed by atoms with Gasteiger partial charge in [-0.05, 0) is 41.8 Å². The molecule has 0 radical (unpaired) electrons. The second-order valence-corrected chi connectivity index (χ2v) is 7.96. The van der Waals surface area contributed by atoms with Crippen LogP contribution in [-0.2, 0) is 13.0 Å². The van der Waals surface area contributed by atoms with Crippen molar-refractivity contribution in [2.24, 2.45) is 0 Å². The van der Waals surface area contributed by atoms with Crippen LogP contribution in [0.3, 0.4) is 0 Å². The fraction of sp³-hybridized carbons (Fsp3) is 0.269. The highest BCUT2D eigenvalue weighted by molar-refractivity contribution is 5.93. The van der Waals surface area contributed by atoms with Gasteiger partial charge in [-0.2, -0.15) is 0 Å². The van der Waals surface area contributed by atoms with E-state index in [1.165, 1.54) is 5.56 Å². The first-order valence-electron chi connectivity index (χ1n) is 11.0. The number of aromatic nitrogens is 3. The molecule has 0 aliphatic rings. The molecule has 6 heteroatoms. The third-order valence-corrected chi connectivity index (χ3v) is 5.40. The first-order valence-corrected chi connectivity index (χ1v) is 11.0. The molecule has 1 amide bonds. The van der Waals surface area contributed by atoms with E-state index in [0.29, 0.717) is 37.6 Å². The molecule has 0 fully saturated rings. The third kappa shape index (κ3) is 4.97. The molecule has 0 bridgehead atoms. The predicted octanol–water partition coefficient (Wildman–Crippen LogP) is 4.61. The summed E-state index contributed by atoms with van der Waals surface area (Å²) in [5.74, 6) is 2.13. The smallest absolute Gasteiger partial charge is 0.252 e. The van der Waals surface area contributed by atoms with Crippen molar-refractivity contribution in [2.75, 3.05) is 13.2 Å². The number of hydrogen-bond donors (Lipinski definition) is 1. The predicted molar refractivity (Wildman–Crippen MR) is 126 cm³/mol. The topological polar surface area (TPSA) is 69.0 Å². The second-order valence-electron chi connectivity index (χ2n) is 7.96. The van der Waals surface area contributed by atoms with E-state index in [0.717, 1.165) is 22.6 Å². The van der Waals surface area contributed by atoms with Gasteiger partial charge in [0.25, 0.3) is 5.91 Å². The number of hydrogen-bond acceptors (Lipinski definition) is 4. The van der Waals surface area contributed by atoms with Crippen LogP contribution in [0.25, 0.3) is 11.0 Å². The number of fused-ring (bicyclic) bond motifs is 1. The summed E-state index contributed by atoms with van der Waals surface area (Å²) in [6.07, 6.45) is 3.85. The van der Waals surface area contributed by atoms with E-state index >= 15 is 0 Å². The maximum Gasteiger partial charge on any atom is 0.252 e. The molecule has 6 nitrogen and oxygen atoms in total. The van der Waals surface area contributed by atoms with Gasteiger partial charge in [0.05, 0.1) is 23.1 Å². The molecule has 0 saturated heterocycles. The lowest BCUT2D eigenvalue weighted by Gasteiger charge is -2.15. The molecular weight excluding hydrogens is 400 g/mol. The van der Waals surface area contributed by atoms with Crippen LogP contribution in [0.15, 0.2) is 73.1 Å². The number of nitrogens with one attached hydrogen (secondary N) is 1. The number of pyridine rings is 1. The van der Waals surface area contributed by atoms with E-state index in [-0.39, 0.29) is 5.91 Å². The highest BCUT2D eigenvalue weighted by Gasteiger charge is 2.13.